The Balaban J connectivity index is 1.50. The van der Waals surface area contributed by atoms with Gasteiger partial charge in [0.1, 0.15) is 0 Å². The summed E-state index contributed by atoms with van der Waals surface area (Å²) in [6, 6.07) is 6.88. The Bertz CT molecular complexity index is 826. The van der Waals surface area contributed by atoms with Gasteiger partial charge in [-0.2, -0.15) is 0 Å². The van der Waals surface area contributed by atoms with E-state index in [1.807, 2.05) is 0 Å². The Morgan fingerprint density at radius 1 is 1.04 bits per heavy atom. The molecule has 7 nitrogen and oxygen atoms in total. The molecule has 1 aromatic heterocycles. The molecule has 1 saturated carbocycles. The Morgan fingerprint density at radius 2 is 1.67 bits per heavy atom. The van der Waals surface area contributed by atoms with Gasteiger partial charge in [-0.05, 0) is 37.1 Å². The second-order valence-electron chi connectivity index (χ2n) is 6.60. The molecule has 0 aliphatic heterocycles. The second-order valence-corrected chi connectivity index (χ2v) is 7.46. The van der Waals surface area contributed by atoms with Gasteiger partial charge in [-0.1, -0.05) is 12.8 Å². The molecule has 1 fully saturated rings. The summed E-state index contributed by atoms with van der Waals surface area (Å²) < 4.78 is 0. The van der Waals surface area contributed by atoms with Crippen molar-refractivity contribution >= 4 is 45.6 Å². The van der Waals surface area contributed by atoms with E-state index in [1.165, 1.54) is 18.3 Å². The number of hydrogen-bond acceptors (Lipinski definition) is 5. The van der Waals surface area contributed by atoms with Crippen LogP contribution < -0.4 is 16.0 Å². The number of carbonyl (C=O) groups is 3. The molecule has 0 bridgehead atoms. The Kier molecular flexibility index (Phi) is 6.18. The van der Waals surface area contributed by atoms with Crippen LogP contribution in [-0.2, 0) is 20.8 Å². The summed E-state index contributed by atoms with van der Waals surface area (Å²) >= 11 is 1.33. The summed E-state index contributed by atoms with van der Waals surface area (Å²) in [7, 11) is 0. The number of rotatable bonds is 6. The van der Waals surface area contributed by atoms with Crippen molar-refractivity contribution in [2.45, 2.75) is 39.0 Å². The monoisotopic (exact) mass is 386 g/mol. The fourth-order valence-electron chi connectivity index (χ4n) is 3.05. The van der Waals surface area contributed by atoms with Crippen LogP contribution in [0.2, 0.25) is 0 Å². The number of benzene rings is 1. The largest absolute Gasteiger partial charge is 0.326 e. The molecule has 1 heterocycles. The number of amides is 3. The summed E-state index contributed by atoms with van der Waals surface area (Å²) in [5, 5.41) is 10.6. The van der Waals surface area contributed by atoms with Crippen molar-refractivity contribution in [1.82, 2.24) is 4.98 Å². The maximum atomic E-state index is 12.2. The zero-order chi connectivity index (χ0) is 19.2. The van der Waals surface area contributed by atoms with Crippen LogP contribution in [0.1, 0.15) is 38.3 Å². The van der Waals surface area contributed by atoms with E-state index in [-0.39, 0.29) is 30.1 Å². The quantitative estimate of drug-likeness (QED) is 0.708. The third kappa shape index (κ3) is 5.62. The first kappa shape index (κ1) is 19.0. The van der Waals surface area contributed by atoms with Gasteiger partial charge >= 0.3 is 0 Å². The van der Waals surface area contributed by atoms with Crippen molar-refractivity contribution < 1.29 is 14.4 Å². The fraction of sp³-hybridized carbons (Fsp3) is 0.368. The normalized spacial score (nSPS) is 14.0. The van der Waals surface area contributed by atoms with Crippen LogP contribution in [0.5, 0.6) is 0 Å². The average Bonchev–Trinajstić information content (AvgIpc) is 3.28. The van der Waals surface area contributed by atoms with Gasteiger partial charge in [0.2, 0.25) is 17.7 Å². The predicted octanol–water partition coefficient (Wildman–Crippen LogP) is 3.41. The molecule has 8 heteroatoms. The molecule has 3 amide bonds. The highest BCUT2D eigenvalue weighted by Crippen LogP contribution is 2.26. The Hall–Kier alpha value is -2.74. The van der Waals surface area contributed by atoms with Gasteiger partial charge in [-0.25, -0.2) is 4.98 Å². The van der Waals surface area contributed by atoms with Crippen LogP contribution in [0, 0.1) is 5.92 Å². The predicted molar refractivity (Wildman–Crippen MR) is 106 cm³/mol. The number of anilines is 3. The number of hydrogen-bond donors (Lipinski definition) is 3. The molecule has 0 saturated heterocycles. The van der Waals surface area contributed by atoms with Crippen LogP contribution in [0.15, 0.2) is 29.6 Å². The van der Waals surface area contributed by atoms with Gasteiger partial charge < -0.3 is 16.0 Å². The van der Waals surface area contributed by atoms with Crippen molar-refractivity contribution in [3.05, 3.63) is 35.3 Å². The molecule has 27 heavy (non-hydrogen) atoms. The lowest BCUT2D eigenvalue weighted by Gasteiger charge is -2.07. The number of aromatic nitrogens is 1. The van der Waals surface area contributed by atoms with Gasteiger partial charge in [0.25, 0.3) is 0 Å². The number of carbonyl (C=O) groups excluding carboxylic acids is 3. The molecule has 1 aliphatic rings. The highest BCUT2D eigenvalue weighted by atomic mass is 32.1. The van der Waals surface area contributed by atoms with E-state index >= 15 is 0 Å². The highest BCUT2D eigenvalue weighted by molar-refractivity contribution is 7.13. The summed E-state index contributed by atoms with van der Waals surface area (Å²) in [6.45, 7) is 1.44. The third-order valence-corrected chi connectivity index (χ3v) is 5.15. The molecule has 0 spiro atoms. The molecule has 1 aliphatic carbocycles. The van der Waals surface area contributed by atoms with E-state index in [9.17, 15) is 14.4 Å². The Labute approximate surface area is 161 Å². The standard InChI is InChI=1S/C19H22N4O3S/c1-12(24)20-14-6-8-15(9-7-14)21-17(25)10-16-11-27-19(22-16)23-18(26)13-4-2-3-5-13/h6-9,11,13H,2-5,10H2,1H3,(H,20,24)(H,21,25)(H,22,23,26). The molecule has 2 aromatic rings. The Morgan fingerprint density at radius 3 is 2.30 bits per heavy atom. The van der Waals surface area contributed by atoms with E-state index in [2.05, 4.69) is 20.9 Å². The summed E-state index contributed by atoms with van der Waals surface area (Å²) in [4.78, 5) is 39.7. The molecule has 3 rings (SSSR count). The zero-order valence-corrected chi connectivity index (χ0v) is 15.9. The van der Waals surface area contributed by atoms with Crippen LogP contribution in [-0.4, -0.2) is 22.7 Å². The van der Waals surface area contributed by atoms with E-state index in [0.717, 1.165) is 25.7 Å². The molecule has 1 aromatic carbocycles. The lowest BCUT2D eigenvalue weighted by molar-refractivity contribution is -0.119. The minimum absolute atomic E-state index is 0.0251. The lowest BCUT2D eigenvalue weighted by atomic mass is 10.1. The maximum Gasteiger partial charge on any atom is 0.230 e. The fourth-order valence-corrected chi connectivity index (χ4v) is 3.76. The van der Waals surface area contributed by atoms with E-state index in [1.54, 1.807) is 29.6 Å². The maximum absolute atomic E-state index is 12.2. The summed E-state index contributed by atoms with van der Waals surface area (Å²) in [5.41, 5.74) is 1.93. The van der Waals surface area contributed by atoms with Crippen LogP contribution in [0.4, 0.5) is 16.5 Å². The topological polar surface area (TPSA) is 100 Å². The molecule has 0 radical (unpaired) electrons. The van der Waals surface area contributed by atoms with Gasteiger partial charge in [0, 0.05) is 29.6 Å². The van der Waals surface area contributed by atoms with E-state index in [4.69, 9.17) is 0 Å². The van der Waals surface area contributed by atoms with Crippen molar-refractivity contribution in [2.24, 2.45) is 5.92 Å². The van der Waals surface area contributed by atoms with E-state index in [0.29, 0.717) is 22.2 Å². The molecular weight excluding hydrogens is 364 g/mol. The zero-order valence-electron chi connectivity index (χ0n) is 15.1. The van der Waals surface area contributed by atoms with Crippen molar-refractivity contribution in [2.75, 3.05) is 16.0 Å². The van der Waals surface area contributed by atoms with Gasteiger partial charge in [-0.15, -0.1) is 11.3 Å². The highest BCUT2D eigenvalue weighted by Gasteiger charge is 2.23. The first-order valence-corrected chi connectivity index (χ1v) is 9.80. The smallest absolute Gasteiger partial charge is 0.230 e. The average molecular weight is 386 g/mol. The SMILES string of the molecule is CC(=O)Nc1ccc(NC(=O)Cc2csc(NC(=O)C3CCCC3)n2)cc1. The number of nitrogens with one attached hydrogen (secondary N) is 3. The molecule has 0 unspecified atom stereocenters. The summed E-state index contributed by atoms with van der Waals surface area (Å²) in [5.74, 6) is -0.231. The molecule has 3 N–H and O–H groups in total. The van der Waals surface area contributed by atoms with E-state index < -0.39 is 0 Å². The van der Waals surface area contributed by atoms with Gasteiger partial charge in [-0.3, -0.25) is 14.4 Å². The minimum atomic E-state index is -0.193. The van der Waals surface area contributed by atoms with Gasteiger partial charge in [0.15, 0.2) is 5.13 Å². The lowest BCUT2D eigenvalue weighted by Crippen LogP contribution is -2.20. The second kappa shape index (κ2) is 8.77. The van der Waals surface area contributed by atoms with Crippen LogP contribution >= 0.6 is 11.3 Å². The number of thiazole rings is 1. The summed E-state index contributed by atoms with van der Waals surface area (Å²) in [6.07, 6.45) is 4.21. The van der Waals surface area contributed by atoms with Crippen molar-refractivity contribution in [3.8, 4) is 0 Å². The van der Waals surface area contributed by atoms with Crippen LogP contribution in [0.25, 0.3) is 0 Å². The van der Waals surface area contributed by atoms with Crippen LogP contribution in [0.3, 0.4) is 0 Å². The van der Waals surface area contributed by atoms with Gasteiger partial charge in [0.05, 0.1) is 12.1 Å². The molecular formula is C19H22N4O3S. The number of nitrogens with zero attached hydrogens (tertiary/aromatic N) is 1. The first-order valence-electron chi connectivity index (χ1n) is 8.92. The molecule has 142 valence electrons. The van der Waals surface area contributed by atoms with Crippen molar-refractivity contribution in [1.29, 1.82) is 0 Å². The molecule has 0 atom stereocenters. The minimum Gasteiger partial charge on any atom is -0.326 e. The van der Waals surface area contributed by atoms with Crippen molar-refractivity contribution in [3.63, 3.8) is 0 Å². The third-order valence-electron chi connectivity index (χ3n) is 4.34. The first-order chi connectivity index (χ1) is 13.0.